The summed E-state index contributed by atoms with van der Waals surface area (Å²) in [5.41, 5.74) is -0.159. The molecule has 0 saturated heterocycles. The number of benzene rings is 2. The van der Waals surface area contributed by atoms with Crippen LogP contribution in [0, 0.1) is 5.82 Å². The Hall–Kier alpha value is -2.74. The monoisotopic (exact) mass is 419 g/mol. The Bertz CT molecular complexity index is 1100. The molecule has 0 atom stereocenters. The van der Waals surface area contributed by atoms with Crippen LogP contribution in [0.5, 0.6) is 0 Å². The third kappa shape index (κ3) is 3.45. The standard InChI is InChI=1S/C18H15BrFN3O3/c1-2-22-17(25)14-9-11(19)3-8-15(14)23(18(22)26)10-16(24)21-13-6-4-12(20)5-7-13/h3-9H,2,10H2,1H3,(H,21,24). The molecule has 0 spiro atoms. The molecule has 2 aromatic carbocycles. The molecule has 3 aromatic rings. The van der Waals surface area contributed by atoms with Crippen LogP contribution in [-0.2, 0) is 17.9 Å². The number of nitrogens with zero attached hydrogens (tertiary/aromatic N) is 2. The first-order valence-electron chi connectivity index (χ1n) is 7.89. The van der Waals surface area contributed by atoms with Crippen molar-refractivity contribution in [3.05, 3.63) is 73.6 Å². The Morgan fingerprint density at radius 2 is 1.81 bits per heavy atom. The highest BCUT2D eigenvalue weighted by Crippen LogP contribution is 2.16. The molecule has 0 aliphatic carbocycles. The van der Waals surface area contributed by atoms with Gasteiger partial charge in [-0.25, -0.2) is 9.18 Å². The molecule has 3 rings (SSSR count). The molecule has 0 aliphatic heterocycles. The van der Waals surface area contributed by atoms with Crippen molar-refractivity contribution in [1.82, 2.24) is 9.13 Å². The number of hydrogen-bond acceptors (Lipinski definition) is 3. The second-order valence-corrected chi connectivity index (χ2v) is 6.55. The minimum Gasteiger partial charge on any atom is -0.325 e. The highest BCUT2D eigenvalue weighted by molar-refractivity contribution is 9.10. The predicted molar refractivity (Wildman–Crippen MR) is 101 cm³/mol. The first-order valence-corrected chi connectivity index (χ1v) is 8.68. The van der Waals surface area contributed by atoms with E-state index in [2.05, 4.69) is 21.2 Å². The SMILES string of the molecule is CCn1c(=O)c2cc(Br)ccc2n(CC(=O)Nc2ccc(F)cc2)c1=O. The number of aromatic nitrogens is 2. The van der Waals surface area contributed by atoms with Crippen molar-refractivity contribution < 1.29 is 9.18 Å². The average Bonchev–Trinajstić information content (AvgIpc) is 2.61. The van der Waals surface area contributed by atoms with Crippen LogP contribution < -0.4 is 16.6 Å². The van der Waals surface area contributed by atoms with Gasteiger partial charge in [-0.1, -0.05) is 15.9 Å². The van der Waals surface area contributed by atoms with Gasteiger partial charge < -0.3 is 5.32 Å². The number of carbonyl (C=O) groups excluding carboxylic acids is 1. The van der Waals surface area contributed by atoms with Crippen LogP contribution in [0.1, 0.15) is 6.92 Å². The highest BCUT2D eigenvalue weighted by atomic mass is 79.9. The van der Waals surface area contributed by atoms with Crippen molar-refractivity contribution in [2.75, 3.05) is 5.32 Å². The molecule has 0 saturated carbocycles. The topological polar surface area (TPSA) is 73.1 Å². The Morgan fingerprint density at radius 3 is 2.46 bits per heavy atom. The number of halogens is 2. The summed E-state index contributed by atoms with van der Waals surface area (Å²) >= 11 is 3.31. The van der Waals surface area contributed by atoms with Gasteiger partial charge in [-0.05, 0) is 49.4 Å². The van der Waals surface area contributed by atoms with E-state index in [1.165, 1.54) is 28.8 Å². The third-order valence-corrected chi connectivity index (χ3v) is 4.43. The molecule has 1 heterocycles. The van der Waals surface area contributed by atoms with Gasteiger partial charge in [0.15, 0.2) is 0 Å². The van der Waals surface area contributed by atoms with E-state index in [1.54, 1.807) is 25.1 Å². The predicted octanol–water partition coefficient (Wildman–Crippen LogP) is 2.72. The number of hydrogen-bond donors (Lipinski definition) is 1. The first kappa shape index (κ1) is 18.1. The van der Waals surface area contributed by atoms with Crippen LogP contribution >= 0.6 is 15.9 Å². The number of anilines is 1. The lowest BCUT2D eigenvalue weighted by Gasteiger charge is -2.13. The maximum atomic E-state index is 13.0. The quantitative estimate of drug-likeness (QED) is 0.706. The van der Waals surface area contributed by atoms with Crippen molar-refractivity contribution in [2.45, 2.75) is 20.0 Å². The van der Waals surface area contributed by atoms with E-state index < -0.39 is 23.0 Å². The molecule has 0 radical (unpaired) electrons. The van der Waals surface area contributed by atoms with Gasteiger partial charge in [0.2, 0.25) is 5.91 Å². The molecule has 26 heavy (non-hydrogen) atoms. The molecule has 0 bridgehead atoms. The summed E-state index contributed by atoms with van der Waals surface area (Å²) in [6.45, 7) is 1.61. The highest BCUT2D eigenvalue weighted by Gasteiger charge is 2.15. The number of amides is 1. The smallest absolute Gasteiger partial charge is 0.325 e. The molecule has 0 fully saturated rings. The summed E-state index contributed by atoms with van der Waals surface area (Å²) < 4.78 is 16.0. The van der Waals surface area contributed by atoms with E-state index in [9.17, 15) is 18.8 Å². The fourth-order valence-electron chi connectivity index (χ4n) is 2.70. The van der Waals surface area contributed by atoms with E-state index in [-0.39, 0.29) is 13.1 Å². The lowest BCUT2D eigenvalue weighted by atomic mass is 10.2. The van der Waals surface area contributed by atoms with Crippen LogP contribution in [0.2, 0.25) is 0 Å². The van der Waals surface area contributed by atoms with E-state index in [0.29, 0.717) is 21.1 Å². The molecule has 8 heteroatoms. The van der Waals surface area contributed by atoms with Crippen LogP contribution in [0.15, 0.2) is 56.5 Å². The molecule has 6 nitrogen and oxygen atoms in total. The number of carbonyl (C=O) groups is 1. The van der Waals surface area contributed by atoms with Gasteiger partial charge in [0.25, 0.3) is 5.56 Å². The van der Waals surface area contributed by atoms with Crippen LogP contribution in [0.4, 0.5) is 10.1 Å². The zero-order valence-electron chi connectivity index (χ0n) is 13.8. The van der Waals surface area contributed by atoms with Crippen molar-refractivity contribution >= 4 is 38.4 Å². The minimum atomic E-state index is -0.554. The van der Waals surface area contributed by atoms with Crippen molar-refractivity contribution in [2.24, 2.45) is 0 Å². The zero-order valence-corrected chi connectivity index (χ0v) is 15.4. The molecule has 1 aromatic heterocycles. The van der Waals surface area contributed by atoms with E-state index in [1.807, 2.05) is 0 Å². The second kappa shape index (κ2) is 7.25. The minimum absolute atomic E-state index is 0.194. The molecule has 1 N–H and O–H groups in total. The summed E-state index contributed by atoms with van der Waals surface area (Å²) in [4.78, 5) is 37.5. The summed E-state index contributed by atoms with van der Waals surface area (Å²) in [6, 6.07) is 10.3. The average molecular weight is 420 g/mol. The molecule has 0 aliphatic rings. The molecule has 134 valence electrons. The number of fused-ring (bicyclic) bond motifs is 1. The Kier molecular flexibility index (Phi) is 5.03. The Labute approximate surface area is 156 Å². The van der Waals surface area contributed by atoms with Gasteiger partial charge in [-0.3, -0.25) is 18.7 Å². The summed E-state index contributed by atoms with van der Waals surface area (Å²) in [5.74, 6) is -0.866. The summed E-state index contributed by atoms with van der Waals surface area (Å²) in [7, 11) is 0. The summed E-state index contributed by atoms with van der Waals surface area (Å²) in [5, 5.41) is 2.95. The summed E-state index contributed by atoms with van der Waals surface area (Å²) in [6.07, 6.45) is 0. The normalized spacial score (nSPS) is 10.9. The van der Waals surface area contributed by atoms with E-state index >= 15 is 0 Å². The Morgan fingerprint density at radius 1 is 1.12 bits per heavy atom. The maximum Gasteiger partial charge on any atom is 0.331 e. The lowest BCUT2D eigenvalue weighted by Crippen LogP contribution is -2.41. The molecular weight excluding hydrogens is 405 g/mol. The van der Waals surface area contributed by atoms with Crippen LogP contribution in [0.3, 0.4) is 0 Å². The first-order chi connectivity index (χ1) is 12.4. The van der Waals surface area contributed by atoms with E-state index in [0.717, 1.165) is 4.57 Å². The lowest BCUT2D eigenvalue weighted by molar-refractivity contribution is -0.116. The van der Waals surface area contributed by atoms with Gasteiger partial charge >= 0.3 is 5.69 Å². The number of nitrogens with one attached hydrogen (secondary N) is 1. The van der Waals surface area contributed by atoms with Gasteiger partial charge in [-0.15, -0.1) is 0 Å². The van der Waals surface area contributed by atoms with Crippen molar-refractivity contribution in [3.8, 4) is 0 Å². The van der Waals surface area contributed by atoms with Crippen LogP contribution in [-0.4, -0.2) is 15.0 Å². The van der Waals surface area contributed by atoms with Gasteiger partial charge in [0, 0.05) is 16.7 Å². The second-order valence-electron chi connectivity index (χ2n) is 5.63. The fraction of sp³-hybridized carbons (Fsp3) is 0.167. The van der Waals surface area contributed by atoms with Gasteiger partial charge in [-0.2, -0.15) is 0 Å². The van der Waals surface area contributed by atoms with Crippen molar-refractivity contribution in [3.63, 3.8) is 0 Å². The fourth-order valence-corrected chi connectivity index (χ4v) is 3.07. The van der Waals surface area contributed by atoms with Crippen LogP contribution in [0.25, 0.3) is 10.9 Å². The molecule has 1 amide bonds. The Balaban J connectivity index is 2.04. The maximum absolute atomic E-state index is 13.0. The van der Waals surface area contributed by atoms with Crippen molar-refractivity contribution in [1.29, 1.82) is 0 Å². The van der Waals surface area contributed by atoms with Gasteiger partial charge in [0.05, 0.1) is 10.9 Å². The van der Waals surface area contributed by atoms with Gasteiger partial charge in [0.1, 0.15) is 12.4 Å². The zero-order chi connectivity index (χ0) is 18.8. The third-order valence-electron chi connectivity index (χ3n) is 3.93. The largest absolute Gasteiger partial charge is 0.331 e. The molecular formula is C18H15BrFN3O3. The number of rotatable bonds is 4. The molecule has 0 unspecified atom stereocenters. The van der Waals surface area contributed by atoms with E-state index in [4.69, 9.17) is 0 Å².